The molecular weight excluding hydrogens is 289 g/mol. The van der Waals surface area contributed by atoms with Gasteiger partial charge in [-0.25, -0.2) is 4.39 Å². The highest BCUT2D eigenvalue weighted by Gasteiger charge is 2.32. The Balaban J connectivity index is 2.06. The molecule has 0 bridgehead atoms. The minimum atomic E-state index is -0.479. The normalized spacial score (nSPS) is 20.2. The van der Waals surface area contributed by atoms with Crippen LogP contribution in [0, 0.1) is 5.82 Å². The number of nitrogens with zero attached hydrogens (tertiary/aromatic N) is 2. The molecule has 3 rings (SSSR count). The predicted molar refractivity (Wildman–Crippen MR) is 73.5 cm³/mol. The highest BCUT2D eigenvalue weighted by Crippen LogP contribution is 2.26. The minimum absolute atomic E-state index is 0.00676. The summed E-state index contributed by atoms with van der Waals surface area (Å²) in [5.74, 6) is -1.05. The fraction of sp³-hybridized carbons (Fsp3) is 0.0909. The third-order valence-electron chi connectivity index (χ3n) is 2.63. The van der Waals surface area contributed by atoms with Gasteiger partial charge in [0, 0.05) is 5.56 Å². The molecule has 1 aromatic carbocycles. The van der Waals surface area contributed by atoms with E-state index >= 15 is 0 Å². The summed E-state index contributed by atoms with van der Waals surface area (Å²) < 4.78 is 13.5. The van der Waals surface area contributed by atoms with E-state index in [0.29, 0.717) is 11.3 Å². The van der Waals surface area contributed by atoms with Gasteiger partial charge in [0.1, 0.15) is 5.82 Å². The van der Waals surface area contributed by atoms with Gasteiger partial charge in [0.2, 0.25) is 0 Å². The SMILES string of the molecule is O=C1Nc2ccc(F)cc2C1=NN1C(=O)CSC1=S. The number of carbonyl (C=O) groups is 2. The van der Waals surface area contributed by atoms with Gasteiger partial charge in [0.05, 0.1) is 11.4 Å². The Kier molecular flexibility index (Phi) is 2.83. The summed E-state index contributed by atoms with van der Waals surface area (Å²) in [5, 5.41) is 7.52. The number of fused-ring (bicyclic) bond motifs is 1. The lowest BCUT2D eigenvalue weighted by Gasteiger charge is -2.08. The van der Waals surface area contributed by atoms with Crippen molar-refractivity contribution in [1.29, 1.82) is 0 Å². The first-order valence-electron chi connectivity index (χ1n) is 5.26. The number of carbonyl (C=O) groups excluding carboxylic acids is 2. The first-order valence-corrected chi connectivity index (χ1v) is 6.65. The quantitative estimate of drug-likeness (QED) is 0.794. The lowest BCUT2D eigenvalue weighted by Crippen LogP contribution is -2.27. The van der Waals surface area contributed by atoms with Gasteiger partial charge in [-0.1, -0.05) is 24.0 Å². The molecule has 0 radical (unpaired) electrons. The van der Waals surface area contributed by atoms with Crippen molar-refractivity contribution >= 4 is 51.5 Å². The van der Waals surface area contributed by atoms with E-state index in [1.54, 1.807) is 0 Å². The number of thioether (sulfide) groups is 1. The Morgan fingerprint density at radius 1 is 1.42 bits per heavy atom. The van der Waals surface area contributed by atoms with Crippen LogP contribution in [0.1, 0.15) is 5.56 Å². The number of amides is 2. The largest absolute Gasteiger partial charge is 0.320 e. The third kappa shape index (κ3) is 2.02. The maximum absolute atomic E-state index is 13.2. The second kappa shape index (κ2) is 4.39. The van der Waals surface area contributed by atoms with Gasteiger partial charge in [0.15, 0.2) is 10.0 Å². The van der Waals surface area contributed by atoms with Gasteiger partial charge in [-0.15, -0.1) is 0 Å². The average molecular weight is 295 g/mol. The number of thiocarbonyl (C=S) groups is 1. The molecule has 1 aromatic rings. The number of anilines is 1. The molecule has 0 aliphatic carbocycles. The van der Waals surface area contributed by atoms with Crippen LogP contribution in [0.25, 0.3) is 0 Å². The third-order valence-corrected chi connectivity index (χ3v) is 3.97. The van der Waals surface area contributed by atoms with E-state index in [1.807, 2.05) is 0 Å². The standard InChI is InChI=1S/C11H6FN3O2S2/c12-5-1-2-7-6(3-5)9(10(17)13-7)14-15-8(16)4-19-11(15)18/h1-3H,4H2,(H,13,14,17). The smallest absolute Gasteiger partial charge is 0.276 e. The molecule has 8 heteroatoms. The molecule has 2 heterocycles. The molecule has 19 heavy (non-hydrogen) atoms. The average Bonchev–Trinajstić information content (AvgIpc) is 2.84. The van der Waals surface area contributed by atoms with E-state index in [-0.39, 0.29) is 21.7 Å². The van der Waals surface area contributed by atoms with Crippen molar-refractivity contribution in [3.05, 3.63) is 29.6 Å². The van der Waals surface area contributed by atoms with E-state index in [2.05, 4.69) is 10.4 Å². The molecule has 2 amide bonds. The lowest BCUT2D eigenvalue weighted by atomic mass is 10.1. The minimum Gasteiger partial charge on any atom is -0.320 e. The maximum Gasteiger partial charge on any atom is 0.276 e. The summed E-state index contributed by atoms with van der Waals surface area (Å²) in [5.41, 5.74) is 0.792. The van der Waals surface area contributed by atoms with E-state index in [1.165, 1.54) is 30.0 Å². The van der Waals surface area contributed by atoms with Crippen LogP contribution in [-0.4, -0.2) is 32.6 Å². The second-order valence-corrected chi connectivity index (χ2v) is 5.46. The van der Waals surface area contributed by atoms with E-state index < -0.39 is 11.7 Å². The van der Waals surface area contributed by atoms with Crippen molar-refractivity contribution in [3.63, 3.8) is 0 Å². The van der Waals surface area contributed by atoms with E-state index in [0.717, 1.165) is 5.01 Å². The van der Waals surface area contributed by atoms with Crippen LogP contribution in [0.2, 0.25) is 0 Å². The van der Waals surface area contributed by atoms with Crippen molar-refractivity contribution in [2.75, 3.05) is 11.1 Å². The first-order chi connectivity index (χ1) is 9.06. The van der Waals surface area contributed by atoms with Gasteiger partial charge in [-0.3, -0.25) is 9.59 Å². The van der Waals surface area contributed by atoms with Gasteiger partial charge in [-0.2, -0.15) is 10.1 Å². The van der Waals surface area contributed by atoms with Crippen molar-refractivity contribution in [1.82, 2.24) is 5.01 Å². The van der Waals surface area contributed by atoms with Crippen LogP contribution in [0.4, 0.5) is 10.1 Å². The van der Waals surface area contributed by atoms with Crippen LogP contribution in [0.3, 0.4) is 0 Å². The lowest BCUT2D eigenvalue weighted by molar-refractivity contribution is -0.124. The Morgan fingerprint density at radius 3 is 2.89 bits per heavy atom. The van der Waals surface area contributed by atoms with Crippen molar-refractivity contribution in [2.24, 2.45) is 5.10 Å². The fourth-order valence-corrected chi connectivity index (χ4v) is 2.72. The van der Waals surface area contributed by atoms with E-state index in [4.69, 9.17) is 12.2 Å². The Labute approximate surface area is 116 Å². The maximum atomic E-state index is 13.2. The molecule has 0 saturated carbocycles. The summed E-state index contributed by atoms with van der Waals surface area (Å²) in [4.78, 5) is 23.4. The zero-order chi connectivity index (χ0) is 13.6. The predicted octanol–water partition coefficient (Wildman–Crippen LogP) is 1.34. The Morgan fingerprint density at radius 2 is 2.21 bits per heavy atom. The topological polar surface area (TPSA) is 61.8 Å². The molecule has 96 valence electrons. The molecule has 0 spiro atoms. The molecule has 1 fully saturated rings. The van der Waals surface area contributed by atoms with Crippen molar-refractivity contribution in [3.8, 4) is 0 Å². The molecule has 5 nitrogen and oxygen atoms in total. The van der Waals surface area contributed by atoms with Crippen molar-refractivity contribution < 1.29 is 14.0 Å². The summed E-state index contributed by atoms with van der Waals surface area (Å²) in [7, 11) is 0. The van der Waals surface area contributed by atoms with Crippen LogP contribution >= 0.6 is 24.0 Å². The number of rotatable bonds is 1. The van der Waals surface area contributed by atoms with Crippen LogP contribution in [0.15, 0.2) is 23.3 Å². The van der Waals surface area contributed by atoms with Gasteiger partial charge < -0.3 is 5.32 Å². The monoisotopic (exact) mass is 295 g/mol. The number of hydrogen-bond acceptors (Lipinski definition) is 5. The number of halogens is 1. The molecule has 0 aromatic heterocycles. The second-order valence-electron chi connectivity index (χ2n) is 3.85. The molecule has 2 aliphatic heterocycles. The summed E-state index contributed by atoms with van der Waals surface area (Å²) in [6.45, 7) is 0. The Bertz CT molecular complexity index is 643. The van der Waals surface area contributed by atoms with Gasteiger partial charge in [-0.05, 0) is 18.2 Å². The zero-order valence-corrected chi connectivity index (χ0v) is 11.0. The number of hydrazone groups is 1. The zero-order valence-electron chi connectivity index (χ0n) is 9.34. The van der Waals surface area contributed by atoms with Crippen LogP contribution in [0.5, 0.6) is 0 Å². The molecule has 0 atom stereocenters. The first kappa shape index (κ1) is 12.2. The van der Waals surface area contributed by atoms with Crippen molar-refractivity contribution in [2.45, 2.75) is 0 Å². The van der Waals surface area contributed by atoms with Gasteiger partial charge >= 0.3 is 0 Å². The van der Waals surface area contributed by atoms with E-state index in [9.17, 15) is 14.0 Å². The number of hydrogen-bond donors (Lipinski definition) is 1. The molecular formula is C11H6FN3O2S2. The highest BCUT2D eigenvalue weighted by molar-refractivity contribution is 8.23. The molecule has 2 aliphatic rings. The van der Waals surface area contributed by atoms with Gasteiger partial charge in [0.25, 0.3) is 11.8 Å². The number of nitrogens with one attached hydrogen (secondary N) is 1. The summed E-state index contributed by atoms with van der Waals surface area (Å²) in [6, 6.07) is 3.89. The Hall–Kier alpha value is -1.80. The van der Waals surface area contributed by atoms with Crippen LogP contribution in [-0.2, 0) is 9.59 Å². The highest BCUT2D eigenvalue weighted by atomic mass is 32.2. The molecule has 1 N–H and O–H groups in total. The summed E-state index contributed by atoms with van der Waals surface area (Å²) >= 11 is 6.15. The fourth-order valence-electron chi connectivity index (χ4n) is 1.77. The molecule has 1 saturated heterocycles. The number of benzene rings is 1. The summed E-state index contributed by atoms with van der Waals surface area (Å²) in [6.07, 6.45) is 0. The molecule has 0 unspecified atom stereocenters. The van der Waals surface area contributed by atoms with Crippen LogP contribution < -0.4 is 5.32 Å².